The Morgan fingerprint density at radius 2 is 1.93 bits per heavy atom. The second kappa shape index (κ2) is 8.43. The molecule has 2 unspecified atom stereocenters. The van der Waals surface area contributed by atoms with E-state index in [1.54, 1.807) is 0 Å². The quantitative estimate of drug-likeness (QED) is 0.884. The summed E-state index contributed by atoms with van der Waals surface area (Å²) in [6.45, 7) is 7.80. The molecule has 0 bridgehead atoms. The maximum absolute atomic E-state index is 13.2. The predicted octanol–water partition coefficient (Wildman–Crippen LogP) is 3.17. The van der Waals surface area contributed by atoms with E-state index in [-0.39, 0.29) is 5.91 Å². The highest BCUT2D eigenvalue weighted by atomic mass is 16.2. The molecule has 6 nitrogen and oxygen atoms in total. The molecule has 3 heterocycles. The maximum Gasteiger partial charge on any atom is 0.276 e. The van der Waals surface area contributed by atoms with Crippen molar-refractivity contribution in [2.45, 2.75) is 51.5 Å². The van der Waals surface area contributed by atoms with E-state index in [0.717, 1.165) is 57.6 Å². The Morgan fingerprint density at radius 1 is 1.18 bits per heavy atom. The molecule has 2 aliphatic rings. The first-order valence-corrected chi connectivity index (χ1v) is 10.7. The molecule has 1 aromatic heterocycles. The third kappa shape index (κ3) is 3.70. The van der Waals surface area contributed by atoms with Crippen molar-refractivity contribution >= 4 is 5.91 Å². The number of likely N-dealkylation sites (tertiary alicyclic amines) is 1. The van der Waals surface area contributed by atoms with Crippen molar-refractivity contribution in [3.05, 3.63) is 47.3 Å². The van der Waals surface area contributed by atoms with Crippen LogP contribution in [0.2, 0.25) is 0 Å². The van der Waals surface area contributed by atoms with E-state index in [1.165, 1.54) is 5.56 Å². The second-order valence-electron chi connectivity index (χ2n) is 8.17. The van der Waals surface area contributed by atoms with Gasteiger partial charge in [0.15, 0.2) is 5.69 Å². The van der Waals surface area contributed by atoms with E-state index in [2.05, 4.69) is 52.9 Å². The van der Waals surface area contributed by atoms with Gasteiger partial charge in [-0.1, -0.05) is 48.9 Å². The van der Waals surface area contributed by atoms with Crippen LogP contribution in [-0.4, -0.2) is 52.0 Å². The van der Waals surface area contributed by atoms with E-state index < -0.39 is 0 Å². The van der Waals surface area contributed by atoms with Gasteiger partial charge in [0.1, 0.15) is 0 Å². The molecule has 28 heavy (non-hydrogen) atoms. The highest BCUT2D eigenvalue weighted by molar-refractivity contribution is 5.93. The number of benzene rings is 1. The Hall–Kier alpha value is -2.21. The van der Waals surface area contributed by atoms with Crippen molar-refractivity contribution in [2.24, 2.45) is 5.92 Å². The number of hydrogen-bond acceptors (Lipinski definition) is 4. The molecular weight excluding hydrogens is 350 g/mol. The molecule has 2 fully saturated rings. The van der Waals surface area contributed by atoms with Crippen molar-refractivity contribution < 1.29 is 4.79 Å². The standard InChI is InChI=1S/C22H31N5O/c1-3-17-15-26(14-11-20(17)18-7-5-4-6-8-18)22(28)21-16(2)27(25-24-21)19-9-12-23-13-10-19/h4-8,17,19-20,23H,3,9-15H2,1-2H3. The highest BCUT2D eigenvalue weighted by Crippen LogP contribution is 2.35. The monoisotopic (exact) mass is 381 g/mol. The minimum Gasteiger partial charge on any atom is -0.337 e. The van der Waals surface area contributed by atoms with E-state index >= 15 is 0 Å². The van der Waals surface area contributed by atoms with Crippen LogP contribution in [0.3, 0.4) is 0 Å². The van der Waals surface area contributed by atoms with Gasteiger partial charge in [-0.3, -0.25) is 4.79 Å². The van der Waals surface area contributed by atoms with Crippen molar-refractivity contribution in [1.82, 2.24) is 25.2 Å². The summed E-state index contributed by atoms with van der Waals surface area (Å²) in [6, 6.07) is 11.1. The molecule has 0 aliphatic carbocycles. The van der Waals surface area contributed by atoms with Crippen LogP contribution in [0.1, 0.15) is 66.3 Å². The van der Waals surface area contributed by atoms with E-state index in [1.807, 2.05) is 16.5 Å². The number of nitrogens with zero attached hydrogens (tertiary/aromatic N) is 4. The summed E-state index contributed by atoms with van der Waals surface area (Å²) in [4.78, 5) is 15.2. The average Bonchev–Trinajstić information content (AvgIpc) is 3.15. The number of hydrogen-bond donors (Lipinski definition) is 1. The smallest absolute Gasteiger partial charge is 0.276 e. The molecule has 2 saturated heterocycles. The summed E-state index contributed by atoms with van der Waals surface area (Å²) in [7, 11) is 0. The van der Waals surface area contributed by atoms with Gasteiger partial charge in [-0.2, -0.15) is 0 Å². The molecule has 1 aromatic carbocycles. The summed E-state index contributed by atoms with van der Waals surface area (Å²) >= 11 is 0. The lowest BCUT2D eigenvalue weighted by molar-refractivity contribution is 0.0638. The summed E-state index contributed by atoms with van der Waals surface area (Å²) in [5, 5.41) is 12.0. The van der Waals surface area contributed by atoms with E-state index in [9.17, 15) is 4.79 Å². The third-order valence-corrected chi connectivity index (χ3v) is 6.56. The lowest BCUT2D eigenvalue weighted by atomic mass is 9.79. The predicted molar refractivity (Wildman–Crippen MR) is 109 cm³/mol. The molecule has 0 radical (unpaired) electrons. The highest BCUT2D eigenvalue weighted by Gasteiger charge is 2.33. The number of rotatable bonds is 4. The summed E-state index contributed by atoms with van der Waals surface area (Å²) in [5.74, 6) is 1.06. The fraction of sp³-hybridized carbons (Fsp3) is 0.591. The molecule has 0 saturated carbocycles. The Balaban J connectivity index is 1.48. The first-order valence-electron chi connectivity index (χ1n) is 10.7. The van der Waals surface area contributed by atoms with Gasteiger partial charge in [-0.05, 0) is 56.7 Å². The summed E-state index contributed by atoms with van der Waals surface area (Å²) in [6.07, 6.45) is 4.16. The van der Waals surface area contributed by atoms with Crippen molar-refractivity contribution in [1.29, 1.82) is 0 Å². The molecule has 1 amide bonds. The number of piperidine rings is 2. The SMILES string of the molecule is CCC1CN(C(=O)c2nnn(C3CCNCC3)c2C)CCC1c1ccccc1. The molecule has 150 valence electrons. The molecule has 2 atom stereocenters. The Morgan fingerprint density at radius 3 is 2.64 bits per heavy atom. The van der Waals surface area contributed by atoms with Crippen LogP contribution >= 0.6 is 0 Å². The molecule has 2 aliphatic heterocycles. The maximum atomic E-state index is 13.2. The van der Waals surface area contributed by atoms with Gasteiger partial charge in [0.25, 0.3) is 5.91 Å². The second-order valence-corrected chi connectivity index (χ2v) is 8.17. The molecule has 6 heteroatoms. The van der Waals surface area contributed by atoms with Crippen molar-refractivity contribution in [3.8, 4) is 0 Å². The van der Waals surface area contributed by atoms with Crippen molar-refractivity contribution in [3.63, 3.8) is 0 Å². The average molecular weight is 382 g/mol. The third-order valence-electron chi connectivity index (χ3n) is 6.56. The molecule has 2 aromatic rings. The summed E-state index contributed by atoms with van der Waals surface area (Å²) < 4.78 is 1.97. The van der Waals surface area contributed by atoms with Gasteiger partial charge >= 0.3 is 0 Å². The van der Waals surface area contributed by atoms with Gasteiger partial charge in [-0.15, -0.1) is 5.10 Å². The number of carbonyl (C=O) groups excluding carboxylic acids is 1. The molecule has 1 N–H and O–H groups in total. The zero-order valence-corrected chi connectivity index (χ0v) is 17.0. The van der Waals surface area contributed by atoms with Crippen LogP contribution < -0.4 is 5.32 Å². The Labute approximate surface area is 167 Å². The summed E-state index contributed by atoms with van der Waals surface area (Å²) in [5.41, 5.74) is 2.84. The fourth-order valence-corrected chi connectivity index (χ4v) is 4.86. The van der Waals surface area contributed by atoms with Crippen LogP contribution in [0.4, 0.5) is 0 Å². The largest absolute Gasteiger partial charge is 0.337 e. The Kier molecular flexibility index (Phi) is 5.76. The minimum absolute atomic E-state index is 0.0441. The number of amides is 1. The number of carbonyl (C=O) groups is 1. The van der Waals surface area contributed by atoms with E-state index in [0.29, 0.717) is 23.6 Å². The fourth-order valence-electron chi connectivity index (χ4n) is 4.86. The lowest BCUT2D eigenvalue weighted by Crippen LogP contribution is -2.43. The first kappa shape index (κ1) is 19.1. The lowest BCUT2D eigenvalue weighted by Gasteiger charge is -2.38. The number of nitrogens with one attached hydrogen (secondary N) is 1. The van der Waals surface area contributed by atoms with Crippen LogP contribution in [0.25, 0.3) is 0 Å². The molecular formula is C22H31N5O. The first-order chi connectivity index (χ1) is 13.7. The normalized spacial score (nSPS) is 23.7. The van der Waals surface area contributed by atoms with Gasteiger partial charge < -0.3 is 10.2 Å². The number of aromatic nitrogens is 3. The van der Waals surface area contributed by atoms with Crippen LogP contribution in [-0.2, 0) is 0 Å². The molecule has 4 rings (SSSR count). The van der Waals surface area contributed by atoms with Gasteiger partial charge in [-0.25, -0.2) is 4.68 Å². The topological polar surface area (TPSA) is 63.1 Å². The van der Waals surface area contributed by atoms with Gasteiger partial charge in [0, 0.05) is 13.1 Å². The Bertz CT molecular complexity index is 797. The van der Waals surface area contributed by atoms with Gasteiger partial charge in [0.2, 0.25) is 0 Å². The minimum atomic E-state index is 0.0441. The van der Waals surface area contributed by atoms with Crippen LogP contribution in [0, 0.1) is 12.8 Å². The zero-order valence-electron chi connectivity index (χ0n) is 17.0. The molecule has 0 spiro atoms. The van der Waals surface area contributed by atoms with E-state index in [4.69, 9.17) is 0 Å². The van der Waals surface area contributed by atoms with Crippen molar-refractivity contribution in [2.75, 3.05) is 26.2 Å². The van der Waals surface area contributed by atoms with Crippen LogP contribution in [0.15, 0.2) is 30.3 Å². The van der Waals surface area contributed by atoms with Crippen LogP contribution in [0.5, 0.6) is 0 Å². The van der Waals surface area contributed by atoms with Gasteiger partial charge in [0.05, 0.1) is 11.7 Å². The zero-order chi connectivity index (χ0) is 19.5.